The first kappa shape index (κ1) is 13.1. The van der Waals surface area contributed by atoms with Gasteiger partial charge in [-0.1, -0.05) is 12.1 Å². The first-order valence-corrected chi connectivity index (χ1v) is 4.76. The molecule has 5 nitrogen and oxygen atoms in total. The third kappa shape index (κ3) is 1.81. The van der Waals surface area contributed by atoms with Crippen LogP contribution in [-0.4, -0.2) is 37.2 Å². The lowest BCUT2D eigenvalue weighted by atomic mass is 10.2. The van der Waals surface area contributed by atoms with Gasteiger partial charge in [0.1, 0.15) is 4.90 Å². The van der Waals surface area contributed by atoms with E-state index in [1.54, 1.807) is 12.1 Å². The predicted octanol–water partition coefficient (Wildman–Crippen LogP) is -1.09. The molecule has 2 rings (SSSR count). The Balaban J connectivity index is 0.000000845. The predicted molar refractivity (Wildman–Crippen MR) is 50.5 cm³/mol. The second-order valence-electron chi connectivity index (χ2n) is 2.43. The van der Waals surface area contributed by atoms with E-state index in [-0.39, 0.29) is 33.3 Å². The van der Waals surface area contributed by atoms with E-state index in [1.807, 2.05) is 4.72 Å². The number of hydrogen-bond acceptors (Lipinski definition) is 3. The monoisotopic (exact) mass is 228 g/mol. The smallest absolute Gasteiger partial charge is 0.266 e. The van der Waals surface area contributed by atoms with Crippen LogP contribution in [0, 0.1) is 0 Å². The van der Waals surface area contributed by atoms with Crippen molar-refractivity contribution >= 4 is 33.3 Å². The van der Waals surface area contributed by atoms with E-state index in [2.05, 4.69) is 0 Å². The molecule has 73 valence electrons. The highest BCUT2D eigenvalue weighted by Crippen LogP contribution is 2.20. The van der Waals surface area contributed by atoms with Crippen molar-refractivity contribution in [3.05, 3.63) is 29.8 Å². The molecule has 0 fully saturated rings. The van der Waals surface area contributed by atoms with Crippen LogP contribution in [0.25, 0.3) is 0 Å². The Morgan fingerprint density at radius 3 is 2.29 bits per heavy atom. The lowest BCUT2D eigenvalue weighted by Crippen LogP contribution is -2.20. The summed E-state index contributed by atoms with van der Waals surface area (Å²) in [5.74, 6) is -0.550. The SMILES string of the molecule is O.O=C1NS(=O)(=O)c2ccccc21.[Al]. The molecule has 1 aromatic rings. The van der Waals surface area contributed by atoms with Crippen molar-refractivity contribution in [3.8, 4) is 0 Å². The van der Waals surface area contributed by atoms with Gasteiger partial charge in [-0.05, 0) is 12.1 Å². The third-order valence-electron chi connectivity index (χ3n) is 1.65. The first-order chi connectivity index (χ1) is 5.61. The van der Waals surface area contributed by atoms with E-state index in [1.165, 1.54) is 12.1 Å². The van der Waals surface area contributed by atoms with Gasteiger partial charge in [-0.2, -0.15) is 0 Å². The van der Waals surface area contributed by atoms with Crippen molar-refractivity contribution in [1.29, 1.82) is 0 Å². The van der Waals surface area contributed by atoms with Gasteiger partial charge in [-0.3, -0.25) is 4.79 Å². The fourth-order valence-electron chi connectivity index (χ4n) is 1.12. The van der Waals surface area contributed by atoms with E-state index in [0.29, 0.717) is 0 Å². The molecule has 7 heteroatoms. The number of amides is 1. The normalized spacial score (nSPS) is 15.9. The third-order valence-corrected chi connectivity index (χ3v) is 3.04. The minimum absolute atomic E-state index is 0. The van der Waals surface area contributed by atoms with Crippen molar-refractivity contribution in [2.45, 2.75) is 4.90 Å². The largest absolute Gasteiger partial charge is 0.412 e. The lowest BCUT2D eigenvalue weighted by molar-refractivity contribution is 0.0985. The summed E-state index contributed by atoms with van der Waals surface area (Å²) in [5.41, 5.74) is 0.220. The maximum atomic E-state index is 11.1. The van der Waals surface area contributed by atoms with Crippen molar-refractivity contribution in [3.63, 3.8) is 0 Å². The summed E-state index contributed by atoms with van der Waals surface area (Å²) in [6.45, 7) is 0. The van der Waals surface area contributed by atoms with E-state index in [0.717, 1.165) is 0 Å². The maximum absolute atomic E-state index is 11.1. The zero-order valence-electron chi connectivity index (χ0n) is 7.02. The summed E-state index contributed by atoms with van der Waals surface area (Å²) >= 11 is 0. The fraction of sp³-hybridized carbons (Fsp3) is 0. The van der Waals surface area contributed by atoms with Crippen LogP contribution in [0.4, 0.5) is 0 Å². The molecule has 14 heavy (non-hydrogen) atoms. The molecule has 1 aromatic carbocycles. The number of fused-ring (bicyclic) bond motifs is 1. The molecule has 0 saturated carbocycles. The number of hydrogen-bond donors (Lipinski definition) is 1. The van der Waals surface area contributed by atoms with Crippen molar-refractivity contribution < 1.29 is 18.7 Å². The second kappa shape index (κ2) is 4.11. The molecule has 0 bridgehead atoms. The van der Waals surface area contributed by atoms with Gasteiger partial charge in [0, 0.05) is 17.4 Å². The van der Waals surface area contributed by atoms with Gasteiger partial charge in [0.05, 0.1) is 5.56 Å². The minimum atomic E-state index is -3.55. The molecule has 1 amide bonds. The molecule has 1 aliphatic rings. The second-order valence-corrected chi connectivity index (χ2v) is 4.08. The van der Waals surface area contributed by atoms with Crippen molar-refractivity contribution in [1.82, 2.24) is 4.72 Å². The van der Waals surface area contributed by atoms with E-state index in [9.17, 15) is 13.2 Å². The van der Waals surface area contributed by atoms with E-state index >= 15 is 0 Å². The van der Waals surface area contributed by atoms with Crippen LogP contribution in [0.2, 0.25) is 0 Å². The van der Waals surface area contributed by atoms with Crippen LogP contribution in [-0.2, 0) is 10.0 Å². The molecule has 1 heterocycles. The van der Waals surface area contributed by atoms with Crippen LogP contribution >= 0.6 is 0 Å². The Bertz CT molecular complexity index is 457. The zero-order valence-corrected chi connectivity index (χ0v) is 8.99. The summed E-state index contributed by atoms with van der Waals surface area (Å²) in [4.78, 5) is 11.1. The van der Waals surface area contributed by atoms with Gasteiger partial charge in [-0.15, -0.1) is 0 Å². The van der Waals surface area contributed by atoms with Crippen LogP contribution in [0.1, 0.15) is 10.4 Å². The topological polar surface area (TPSA) is 94.7 Å². The number of rotatable bonds is 0. The van der Waals surface area contributed by atoms with E-state index in [4.69, 9.17) is 0 Å². The summed E-state index contributed by atoms with van der Waals surface area (Å²) < 4.78 is 24.2. The molecule has 0 aliphatic carbocycles. The Morgan fingerprint density at radius 2 is 1.71 bits per heavy atom. The molecule has 0 unspecified atom stereocenters. The quantitative estimate of drug-likeness (QED) is 0.572. The van der Waals surface area contributed by atoms with Gasteiger partial charge >= 0.3 is 0 Å². The zero-order chi connectivity index (χ0) is 8.77. The van der Waals surface area contributed by atoms with Crippen LogP contribution in [0.5, 0.6) is 0 Å². The molecule has 0 atom stereocenters. The Morgan fingerprint density at radius 1 is 1.14 bits per heavy atom. The summed E-state index contributed by atoms with van der Waals surface area (Å²) in [6, 6.07) is 6.09. The Kier molecular flexibility index (Phi) is 3.85. The van der Waals surface area contributed by atoms with Crippen molar-refractivity contribution in [2.75, 3.05) is 0 Å². The maximum Gasteiger partial charge on any atom is 0.266 e. The fourth-order valence-corrected chi connectivity index (χ4v) is 2.29. The van der Waals surface area contributed by atoms with Crippen LogP contribution < -0.4 is 4.72 Å². The van der Waals surface area contributed by atoms with Crippen LogP contribution in [0.15, 0.2) is 29.2 Å². The molecular weight excluding hydrogens is 221 g/mol. The minimum Gasteiger partial charge on any atom is -0.412 e. The molecular formula is C7H7AlNO4S. The summed E-state index contributed by atoms with van der Waals surface area (Å²) in [5, 5.41) is 0. The number of sulfonamides is 1. The van der Waals surface area contributed by atoms with E-state index < -0.39 is 15.9 Å². The lowest BCUT2D eigenvalue weighted by Gasteiger charge is -1.91. The highest BCUT2D eigenvalue weighted by molar-refractivity contribution is 7.90. The van der Waals surface area contributed by atoms with Gasteiger partial charge < -0.3 is 5.48 Å². The molecule has 0 saturated heterocycles. The van der Waals surface area contributed by atoms with Gasteiger partial charge in [0.25, 0.3) is 15.9 Å². The number of carbonyl (C=O) groups is 1. The molecule has 0 aromatic heterocycles. The summed E-state index contributed by atoms with van der Waals surface area (Å²) in [6.07, 6.45) is 0. The van der Waals surface area contributed by atoms with Crippen LogP contribution in [0.3, 0.4) is 0 Å². The average Bonchev–Trinajstić information content (AvgIpc) is 2.25. The standard InChI is InChI=1S/C7H5NO3S.Al.H2O/c9-7-5-3-1-2-4-6(5)12(10,11)8-7;;/h1-4H,(H,8,9);;1H2. The number of nitrogens with one attached hydrogen (secondary N) is 1. The average molecular weight is 228 g/mol. The molecule has 1 aliphatic heterocycles. The highest BCUT2D eigenvalue weighted by Gasteiger charge is 2.31. The Hall–Kier alpha value is -0.868. The summed E-state index contributed by atoms with van der Waals surface area (Å²) in [7, 11) is -3.55. The van der Waals surface area contributed by atoms with Gasteiger partial charge in [0.15, 0.2) is 0 Å². The molecule has 3 radical (unpaired) electrons. The Labute approximate surface area is 91.6 Å². The number of benzene rings is 1. The van der Waals surface area contributed by atoms with Crippen molar-refractivity contribution in [2.24, 2.45) is 0 Å². The highest BCUT2D eigenvalue weighted by atomic mass is 32.2. The molecule has 0 spiro atoms. The first-order valence-electron chi connectivity index (χ1n) is 3.27. The van der Waals surface area contributed by atoms with Gasteiger partial charge in [0.2, 0.25) is 0 Å². The number of carbonyl (C=O) groups excluding carboxylic acids is 1. The molecule has 3 N–H and O–H groups in total. The van der Waals surface area contributed by atoms with Gasteiger partial charge in [-0.25, -0.2) is 13.1 Å².